The van der Waals surface area contributed by atoms with Crippen LogP contribution in [0, 0.1) is 19.3 Å². The van der Waals surface area contributed by atoms with Crippen molar-refractivity contribution in [2.24, 2.45) is 11.1 Å². The molecule has 2 rings (SSSR count). The fourth-order valence-corrected chi connectivity index (χ4v) is 2.34. The van der Waals surface area contributed by atoms with Crippen molar-refractivity contribution in [1.82, 2.24) is 5.16 Å². The number of nitrogens with one attached hydrogen (secondary N) is 1. The van der Waals surface area contributed by atoms with Gasteiger partial charge in [0.25, 0.3) is 0 Å². The molecule has 3 N–H and O–H groups in total. The molecule has 1 amide bonds. The molecule has 1 aromatic heterocycles. The molecule has 0 atom stereocenters. The standard InChI is InChI=1S/C12H19N3O2/c1-8-9(2)15-17-10(8)14-11(16)12(7-13)5-3-4-6-12/h3-7,13H2,1-2H3,(H,14,16). The maximum atomic E-state index is 12.3. The van der Waals surface area contributed by atoms with Crippen molar-refractivity contribution in [3.63, 3.8) is 0 Å². The van der Waals surface area contributed by atoms with Gasteiger partial charge in [-0.15, -0.1) is 0 Å². The second-order valence-electron chi connectivity index (χ2n) is 4.87. The van der Waals surface area contributed by atoms with E-state index in [1.807, 2.05) is 13.8 Å². The lowest BCUT2D eigenvalue weighted by Gasteiger charge is -2.24. The molecule has 94 valence electrons. The van der Waals surface area contributed by atoms with Crippen LogP contribution in [-0.2, 0) is 4.79 Å². The third-order valence-corrected chi connectivity index (χ3v) is 3.82. The normalized spacial score (nSPS) is 18.3. The van der Waals surface area contributed by atoms with Gasteiger partial charge in [0.2, 0.25) is 11.8 Å². The number of nitrogens with zero attached hydrogens (tertiary/aromatic N) is 1. The number of hydrogen-bond acceptors (Lipinski definition) is 4. The lowest BCUT2D eigenvalue weighted by atomic mass is 9.85. The Labute approximate surface area is 101 Å². The summed E-state index contributed by atoms with van der Waals surface area (Å²) in [5, 5.41) is 6.64. The molecule has 5 heteroatoms. The van der Waals surface area contributed by atoms with Crippen LogP contribution in [0.5, 0.6) is 0 Å². The number of hydrogen-bond donors (Lipinski definition) is 2. The van der Waals surface area contributed by atoms with Crippen LogP contribution in [0.4, 0.5) is 5.88 Å². The predicted molar refractivity (Wildman–Crippen MR) is 64.6 cm³/mol. The summed E-state index contributed by atoms with van der Waals surface area (Å²) < 4.78 is 5.09. The monoisotopic (exact) mass is 237 g/mol. The van der Waals surface area contributed by atoms with E-state index in [-0.39, 0.29) is 5.91 Å². The minimum absolute atomic E-state index is 0.0308. The summed E-state index contributed by atoms with van der Waals surface area (Å²) in [6, 6.07) is 0. The Bertz CT molecular complexity index is 419. The molecule has 0 aromatic carbocycles. The maximum Gasteiger partial charge on any atom is 0.234 e. The Kier molecular flexibility index (Phi) is 3.19. The first-order chi connectivity index (χ1) is 8.09. The summed E-state index contributed by atoms with van der Waals surface area (Å²) in [7, 11) is 0. The van der Waals surface area contributed by atoms with Crippen molar-refractivity contribution in [2.45, 2.75) is 39.5 Å². The molecule has 0 saturated heterocycles. The van der Waals surface area contributed by atoms with Gasteiger partial charge in [-0.05, 0) is 26.7 Å². The van der Waals surface area contributed by atoms with E-state index in [0.29, 0.717) is 12.4 Å². The number of carbonyl (C=O) groups is 1. The summed E-state index contributed by atoms with van der Waals surface area (Å²) in [6.45, 7) is 4.12. The molecular weight excluding hydrogens is 218 g/mol. The van der Waals surface area contributed by atoms with Gasteiger partial charge in [0.05, 0.1) is 11.1 Å². The largest absolute Gasteiger partial charge is 0.338 e. The van der Waals surface area contributed by atoms with Crippen LogP contribution in [0.1, 0.15) is 36.9 Å². The average Bonchev–Trinajstić information content (AvgIpc) is 2.92. The zero-order valence-corrected chi connectivity index (χ0v) is 10.4. The molecule has 1 aromatic rings. The van der Waals surface area contributed by atoms with E-state index in [1.165, 1.54) is 0 Å². The van der Waals surface area contributed by atoms with E-state index >= 15 is 0 Å². The van der Waals surface area contributed by atoms with Gasteiger partial charge in [0, 0.05) is 12.1 Å². The second kappa shape index (κ2) is 4.49. The van der Waals surface area contributed by atoms with E-state index in [2.05, 4.69) is 10.5 Å². The van der Waals surface area contributed by atoms with Gasteiger partial charge in [0.1, 0.15) is 0 Å². The number of amides is 1. The lowest BCUT2D eigenvalue weighted by molar-refractivity contribution is -0.125. The average molecular weight is 237 g/mol. The van der Waals surface area contributed by atoms with Crippen molar-refractivity contribution in [1.29, 1.82) is 0 Å². The van der Waals surface area contributed by atoms with Crippen molar-refractivity contribution in [2.75, 3.05) is 11.9 Å². The SMILES string of the molecule is Cc1noc(NC(=O)C2(CN)CCCC2)c1C. The molecular formula is C12H19N3O2. The molecule has 17 heavy (non-hydrogen) atoms. The third-order valence-electron chi connectivity index (χ3n) is 3.82. The number of aromatic nitrogens is 1. The van der Waals surface area contributed by atoms with Gasteiger partial charge in [0.15, 0.2) is 0 Å². The molecule has 1 saturated carbocycles. The van der Waals surface area contributed by atoms with Gasteiger partial charge in [-0.25, -0.2) is 0 Å². The minimum Gasteiger partial charge on any atom is -0.338 e. The Morgan fingerprint density at radius 2 is 2.12 bits per heavy atom. The lowest BCUT2D eigenvalue weighted by Crippen LogP contribution is -2.40. The Morgan fingerprint density at radius 3 is 2.59 bits per heavy atom. The van der Waals surface area contributed by atoms with Crippen LogP contribution in [0.2, 0.25) is 0 Å². The van der Waals surface area contributed by atoms with Crippen molar-refractivity contribution in [3.8, 4) is 0 Å². The molecule has 1 aliphatic rings. The van der Waals surface area contributed by atoms with Gasteiger partial charge < -0.3 is 10.3 Å². The van der Waals surface area contributed by atoms with Crippen LogP contribution in [-0.4, -0.2) is 17.6 Å². The van der Waals surface area contributed by atoms with E-state index in [1.54, 1.807) is 0 Å². The fourth-order valence-electron chi connectivity index (χ4n) is 2.34. The summed E-state index contributed by atoms with van der Waals surface area (Å²) in [4.78, 5) is 12.3. The zero-order chi connectivity index (χ0) is 12.5. The van der Waals surface area contributed by atoms with Crippen LogP contribution in [0.3, 0.4) is 0 Å². The second-order valence-corrected chi connectivity index (χ2v) is 4.87. The molecule has 1 fully saturated rings. The summed E-state index contributed by atoms with van der Waals surface area (Å²) in [5.74, 6) is 0.420. The first kappa shape index (κ1) is 12.1. The molecule has 1 aliphatic carbocycles. The smallest absolute Gasteiger partial charge is 0.234 e. The van der Waals surface area contributed by atoms with E-state index in [9.17, 15) is 4.79 Å². The summed E-state index contributed by atoms with van der Waals surface area (Å²) in [5.41, 5.74) is 7.03. The molecule has 0 spiro atoms. The zero-order valence-electron chi connectivity index (χ0n) is 10.4. The number of rotatable bonds is 3. The first-order valence-corrected chi connectivity index (χ1v) is 6.03. The van der Waals surface area contributed by atoms with Crippen LogP contribution in [0.15, 0.2) is 4.52 Å². The minimum atomic E-state index is -0.410. The van der Waals surface area contributed by atoms with Crippen LogP contribution >= 0.6 is 0 Å². The highest BCUT2D eigenvalue weighted by molar-refractivity contribution is 5.95. The van der Waals surface area contributed by atoms with Gasteiger partial charge in [-0.2, -0.15) is 0 Å². The molecule has 5 nitrogen and oxygen atoms in total. The molecule has 1 heterocycles. The number of nitrogens with two attached hydrogens (primary N) is 1. The highest BCUT2D eigenvalue weighted by atomic mass is 16.5. The maximum absolute atomic E-state index is 12.3. The highest BCUT2D eigenvalue weighted by Gasteiger charge is 2.40. The first-order valence-electron chi connectivity index (χ1n) is 6.03. The molecule has 0 radical (unpaired) electrons. The van der Waals surface area contributed by atoms with Gasteiger partial charge >= 0.3 is 0 Å². The third kappa shape index (κ3) is 2.07. The predicted octanol–water partition coefficient (Wildman–Crippen LogP) is 1.75. The number of anilines is 1. The van der Waals surface area contributed by atoms with Crippen molar-refractivity contribution in [3.05, 3.63) is 11.3 Å². The highest BCUT2D eigenvalue weighted by Crippen LogP contribution is 2.38. The van der Waals surface area contributed by atoms with E-state index in [0.717, 1.165) is 36.9 Å². The Balaban J connectivity index is 2.13. The van der Waals surface area contributed by atoms with Crippen LogP contribution in [0.25, 0.3) is 0 Å². The van der Waals surface area contributed by atoms with Gasteiger partial charge in [-0.3, -0.25) is 10.1 Å². The quantitative estimate of drug-likeness (QED) is 0.839. The van der Waals surface area contributed by atoms with E-state index in [4.69, 9.17) is 10.3 Å². The fraction of sp³-hybridized carbons (Fsp3) is 0.667. The molecule has 0 unspecified atom stereocenters. The Morgan fingerprint density at radius 1 is 1.47 bits per heavy atom. The molecule has 0 aliphatic heterocycles. The summed E-state index contributed by atoms with van der Waals surface area (Å²) >= 11 is 0. The van der Waals surface area contributed by atoms with Gasteiger partial charge in [-0.1, -0.05) is 18.0 Å². The topological polar surface area (TPSA) is 81.2 Å². The van der Waals surface area contributed by atoms with Crippen LogP contribution < -0.4 is 11.1 Å². The Hall–Kier alpha value is -1.36. The number of aryl methyl sites for hydroxylation is 1. The van der Waals surface area contributed by atoms with E-state index < -0.39 is 5.41 Å². The summed E-state index contributed by atoms with van der Waals surface area (Å²) in [6.07, 6.45) is 3.86. The van der Waals surface area contributed by atoms with Crippen molar-refractivity contribution >= 4 is 11.8 Å². The molecule has 0 bridgehead atoms. The number of carbonyl (C=O) groups excluding carboxylic acids is 1. The van der Waals surface area contributed by atoms with Crippen molar-refractivity contribution < 1.29 is 9.32 Å².